The zero-order valence-corrected chi connectivity index (χ0v) is 10.0. The second kappa shape index (κ2) is 4.82. The Kier molecular flexibility index (Phi) is 3.02. The van der Waals surface area contributed by atoms with E-state index in [2.05, 4.69) is 29.2 Å². The van der Waals surface area contributed by atoms with Crippen LogP contribution in [0.1, 0.15) is 11.3 Å². The molecule has 0 bridgehead atoms. The van der Waals surface area contributed by atoms with Crippen LogP contribution < -0.4 is 0 Å². The fourth-order valence-electron chi connectivity index (χ4n) is 2.24. The molecule has 1 atom stereocenters. The van der Waals surface area contributed by atoms with Crippen molar-refractivity contribution in [1.29, 1.82) is 0 Å². The molecule has 0 spiro atoms. The Morgan fingerprint density at radius 1 is 1.50 bits per heavy atom. The Labute approximate surface area is 105 Å². The molecule has 0 radical (unpaired) electrons. The number of nitrogens with one attached hydrogen (secondary N) is 1. The summed E-state index contributed by atoms with van der Waals surface area (Å²) in [6.45, 7) is 1.77. The molecule has 1 unspecified atom stereocenters. The molecule has 1 fully saturated rings. The first-order chi connectivity index (χ1) is 8.86. The normalized spacial score (nSPS) is 17.9. The molecular formula is C14H15NO3. The molecule has 94 valence electrons. The molecule has 1 aromatic carbocycles. The number of rotatable bonds is 6. The summed E-state index contributed by atoms with van der Waals surface area (Å²) in [6.07, 6.45) is 2.08. The van der Waals surface area contributed by atoms with Crippen LogP contribution in [0, 0.1) is 0 Å². The number of ether oxygens (including phenoxy) is 2. The lowest BCUT2D eigenvalue weighted by atomic mass is 10.1. The van der Waals surface area contributed by atoms with Crippen molar-refractivity contribution in [1.82, 2.24) is 4.98 Å². The van der Waals surface area contributed by atoms with E-state index in [1.54, 1.807) is 0 Å². The molecule has 1 N–H and O–H groups in total. The molecule has 4 heteroatoms. The number of aromatic nitrogens is 1. The highest BCUT2D eigenvalue weighted by Gasteiger charge is 2.23. The highest BCUT2D eigenvalue weighted by Crippen LogP contribution is 2.24. The van der Waals surface area contributed by atoms with Gasteiger partial charge in [-0.25, -0.2) is 0 Å². The zero-order chi connectivity index (χ0) is 12.4. The van der Waals surface area contributed by atoms with Crippen molar-refractivity contribution in [2.45, 2.75) is 18.9 Å². The first kappa shape index (κ1) is 11.3. The van der Waals surface area contributed by atoms with Crippen molar-refractivity contribution < 1.29 is 14.3 Å². The van der Waals surface area contributed by atoms with E-state index in [4.69, 9.17) is 9.47 Å². The number of epoxide rings is 1. The maximum absolute atomic E-state index is 10.1. The van der Waals surface area contributed by atoms with E-state index in [9.17, 15) is 4.79 Å². The van der Waals surface area contributed by atoms with Gasteiger partial charge in [0.2, 0.25) is 0 Å². The number of hydrogen-bond donors (Lipinski definition) is 1. The van der Waals surface area contributed by atoms with Gasteiger partial charge in [0, 0.05) is 29.4 Å². The Bertz CT molecular complexity index is 557. The lowest BCUT2D eigenvalue weighted by Crippen LogP contribution is -1.96. The van der Waals surface area contributed by atoms with Crippen LogP contribution in [0.15, 0.2) is 24.3 Å². The lowest BCUT2D eigenvalue weighted by molar-refractivity contribution is -0.128. The molecule has 0 saturated carbocycles. The molecule has 18 heavy (non-hydrogen) atoms. The SMILES string of the molecule is O=COCCc1cc2c(CC3CO3)cccc2[nH]1. The summed E-state index contributed by atoms with van der Waals surface area (Å²) in [6, 6.07) is 8.41. The summed E-state index contributed by atoms with van der Waals surface area (Å²) in [5, 5.41) is 1.24. The van der Waals surface area contributed by atoms with E-state index in [-0.39, 0.29) is 0 Å². The van der Waals surface area contributed by atoms with Gasteiger partial charge in [-0.05, 0) is 17.7 Å². The quantitative estimate of drug-likeness (QED) is 0.480. The largest absolute Gasteiger partial charge is 0.467 e. The van der Waals surface area contributed by atoms with Gasteiger partial charge in [0.05, 0.1) is 19.3 Å². The van der Waals surface area contributed by atoms with Crippen molar-refractivity contribution >= 4 is 17.4 Å². The van der Waals surface area contributed by atoms with E-state index in [0.717, 1.165) is 24.2 Å². The predicted octanol–water partition coefficient (Wildman–Crippen LogP) is 1.82. The van der Waals surface area contributed by atoms with Crippen molar-refractivity contribution in [3.05, 3.63) is 35.5 Å². The molecule has 1 aliphatic rings. The summed E-state index contributed by atoms with van der Waals surface area (Å²) < 4.78 is 10.00. The van der Waals surface area contributed by atoms with Crippen molar-refractivity contribution in [2.75, 3.05) is 13.2 Å². The number of fused-ring (bicyclic) bond motifs is 1. The maximum Gasteiger partial charge on any atom is 0.293 e. The molecule has 0 aliphatic carbocycles. The summed E-state index contributed by atoms with van der Waals surface area (Å²) in [5.74, 6) is 0. The second-order valence-corrected chi connectivity index (χ2v) is 4.55. The Morgan fingerprint density at radius 3 is 3.17 bits per heavy atom. The molecule has 4 nitrogen and oxygen atoms in total. The first-order valence-electron chi connectivity index (χ1n) is 6.13. The summed E-state index contributed by atoms with van der Waals surface area (Å²) in [7, 11) is 0. The summed E-state index contributed by atoms with van der Waals surface area (Å²) in [4.78, 5) is 13.5. The van der Waals surface area contributed by atoms with Crippen molar-refractivity contribution in [3.63, 3.8) is 0 Å². The van der Waals surface area contributed by atoms with E-state index in [0.29, 0.717) is 25.6 Å². The van der Waals surface area contributed by atoms with Gasteiger partial charge >= 0.3 is 0 Å². The average Bonchev–Trinajstić information content (AvgIpc) is 3.07. The van der Waals surface area contributed by atoms with E-state index in [1.165, 1.54) is 10.9 Å². The molecule has 2 heterocycles. The number of carbonyl (C=O) groups excluding carboxylic acids is 1. The maximum atomic E-state index is 10.1. The molecule has 2 aromatic rings. The molecule has 1 aliphatic heterocycles. The van der Waals surface area contributed by atoms with Gasteiger partial charge in [-0.3, -0.25) is 4.79 Å². The summed E-state index contributed by atoms with van der Waals surface area (Å²) in [5.41, 5.74) is 3.54. The van der Waals surface area contributed by atoms with Crippen LogP contribution in [-0.4, -0.2) is 30.8 Å². The molecule has 1 aromatic heterocycles. The van der Waals surface area contributed by atoms with E-state index in [1.807, 2.05) is 0 Å². The van der Waals surface area contributed by atoms with Crippen LogP contribution in [-0.2, 0) is 27.1 Å². The first-order valence-corrected chi connectivity index (χ1v) is 6.13. The second-order valence-electron chi connectivity index (χ2n) is 4.55. The smallest absolute Gasteiger partial charge is 0.293 e. The minimum atomic E-state index is 0.396. The third-order valence-corrected chi connectivity index (χ3v) is 3.22. The van der Waals surface area contributed by atoms with Crippen LogP contribution in [0.4, 0.5) is 0 Å². The minimum Gasteiger partial charge on any atom is -0.467 e. The van der Waals surface area contributed by atoms with Gasteiger partial charge in [0.15, 0.2) is 0 Å². The van der Waals surface area contributed by atoms with Crippen molar-refractivity contribution in [3.8, 4) is 0 Å². The number of aromatic amines is 1. The minimum absolute atomic E-state index is 0.396. The van der Waals surface area contributed by atoms with Crippen LogP contribution in [0.25, 0.3) is 10.9 Å². The van der Waals surface area contributed by atoms with Crippen molar-refractivity contribution in [2.24, 2.45) is 0 Å². The van der Waals surface area contributed by atoms with Gasteiger partial charge in [0.25, 0.3) is 6.47 Å². The van der Waals surface area contributed by atoms with Gasteiger partial charge in [0.1, 0.15) is 0 Å². The lowest BCUT2D eigenvalue weighted by Gasteiger charge is -1.99. The average molecular weight is 245 g/mol. The van der Waals surface area contributed by atoms with Crippen LogP contribution in [0.5, 0.6) is 0 Å². The van der Waals surface area contributed by atoms with Gasteiger partial charge < -0.3 is 14.5 Å². The number of benzene rings is 1. The highest BCUT2D eigenvalue weighted by molar-refractivity contribution is 5.84. The van der Waals surface area contributed by atoms with Gasteiger partial charge in [-0.2, -0.15) is 0 Å². The molecule has 3 rings (SSSR count). The number of carbonyl (C=O) groups is 1. The topological polar surface area (TPSA) is 54.6 Å². The summed E-state index contributed by atoms with van der Waals surface area (Å²) >= 11 is 0. The monoisotopic (exact) mass is 245 g/mol. The Hall–Kier alpha value is -1.81. The Balaban J connectivity index is 1.82. The standard InChI is InChI=1S/C14H15NO3/c16-9-17-5-4-11-7-13-10(6-12-8-18-12)2-1-3-14(13)15-11/h1-3,7,9,12,15H,4-6,8H2. The van der Waals surface area contributed by atoms with Gasteiger partial charge in [-0.1, -0.05) is 12.1 Å². The fourth-order valence-corrected chi connectivity index (χ4v) is 2.24. The molecule has 0 amide bonds. The van der Waals surface area contributed by atoms with E-state index < -0.39 is 0 Å². The molecular weight excluding hydrogens is 230 g/mol. The van der Waals surface area contributed by atoms with Gasteiger partial charge in [-0.15, -0.1) is 0 Å². The van der Waals surface area contributed by atoms with E-state index >= 15 is 0 Å². The third kappa shape index (κ3) is 2.38. The third-order valence-electron chi connectivity index (χ3n) is 3.22. The predicted molar refractivity (Wildman–Crippen MR) is 67.5 cm³/mol. The van der Waals surface area contributed by atoms with Crippen LogP contribution in [0.3, 0.4) is 0 Å². The zero-order valence-electron chi connectivity index (χ0n) is 10.0. The fraction of sp³-hybridized carbons (Fsp3) is 0.357. The number of H-pyrrole nitrogens is 1. The number of hydrogen-bond acceptors (Lipinski definition) is 3. The highest BCUT2D eigenvalue weighted by atomic mass is 16.6. The Morgan fingerprint density at radius 2 is 2.39 bits per heavy atom. The molecule has 1 saturated heterocycles. The van der Waals surface area contributed by atoms with Crippen LogP contribution in [0.2, 0.25) is 0 Å². The van der Waals surface area contributed by atoms with Crippen LogP contribution >= 0.6 is 0 Å².